The molecule has 2 aromatic carbocycles. The van der Waals surface area contributed by atoms with Crippen molar-refractivity contribution in [3.8, 4) is 5.69 Å². The van der Waals surface area contributed by atoms with Crippen LogP contribution in [0.3, 0.4) is 0 Å². The second-order valence-electron chi connectivity index (χ2n) is 5.18. The summed E-state index contributed by atoms with van der Waals surface area (Å²) in [7, 11) is -3.56. The van der Waals surface area contributed by atoms with Gasteiger partial charge in [0.2, 0.25) is 9.84 Å². The number of sulfone groups is 1. The molecule has 0 aliphatic heterocycles. The maximum atomic E-state index is 12.8. The summed E-state index contributed by atoms with van der Waals surface area (Å²) in [4.78, 5) is 0.522. The van der Waals surface area contributed by atoms with E-state index >= 15 is 0 Å². The van der Waals surface area contributed by atoms with Crippen molar-refractivity contribution in [2.75, 3.05) is 0 Å². The standard InChI is InChI=1S/C17H16N2O2S/c1-13-8-10-16(11-9-13)22(20,21)17-12-19(18-14(17)2)15-6-4-3-5-7-15/h3-12H,1-2H3. The monoisotopic (exact) mass is 312 g/mol. The van der Waals surface area contributed by atoms with E-state index in [-0.39, 0.29) is 9.79 Å². The van der Waals surface area contributed by atoms with Gasteiger partial charge in [-0.2, -0.15) is 5.10 Å². The zero-order valence-electron chi connectivity index (χ0n) is 12.4. The van der Waals surface area contributed by atoms with Crippen LogP contribution in [0, 0.1) is 13.8 Å². The topological polar surface area (TPSA) is 52.0 Å². The fourth-order valence-electron chi connectivity index (χ4n) is 2.27. The van der Waals surface area contributed by atoms with E-state index in [2.05, 4.69) is 5.10 Å². The van der Waals surface area contributed by atoms with Crippen LogP contribution in [0.1, 0.15) is 11.3 Å². The highest BCUT2D eigenvalue weighted by molar-refractivity contribution is 7.91. The molecular formula is C17H16N2O2S. The predicted molar refractivity (Wildman–Crippen MR) is 84.9 cm³/mol. The summed E-state index contributed by atoms with van der Waals surface area (Å²) in [5.41, 5.74) is 2.34. The molecule has 4 nitrogen and oxygen atoms in total. The van der Waals surface area contributed by atoms with Crippen LogP contribution < -0.4 is 0 Å². The van der Waals surface area contributed by atoms with Crippen LogP contribution in [0.25, 0.3) is 5.69 Å². The Bertz CT molecular complexity index is 896. The molecule has 1 aromatic heterocycles. The number of benzene rings is 2. The number of para-hydroxylation sites is 1. The Kier molecular flexibility index (Phi) is 3.58. The minimum atomic E-state index is -3.56. The lowest BCUT2D eigenvalue weighted by atomic mass is 10.2. The van der Waals surface area contributed by atoms with Crippen LogP contribution in [0.5, 0.6) is 0 Å². The minimum Gasteiger partial charge on any atom is -0.239 e. The van der Waals surface area contributed by atoms with Crippen molar-refractivity contribution in [2.24, 2.45) is 0 Å². The zero-order valence-corrected chi connectivity index (χ0v) is 13.2. The first-order chi connectivity index (χ1) is 10.5. The second kappa shape index (κ2) is 5.42. The summed E-state index contributed by atoms with van der Waals surface area (Å²) in [6.07, 6.45) is 1.57. The summed E-state index contributed by atoms with van der Waals surface area (Å²) in [5, 5.41) is 4.33. The fraction of sp³-hybridized carbons (Fsp3) is 0.118. The van der Waals surface area contributed by atoms with Gasteiger partial charge in [0.15, 0.2) is 0 Å². The van der Waals surface area contributed by atoms with Crippen molar-refractivity contribution in [1.82, 2.24) is 9.78 Å². The van der Waals surface area contributed by atoms with Crippen molar-refractivity contribution >= 4 is 9.84 Å². The van der Waals surface area contributed by atoms with E-state index in [1.54, 1.807) is 42.1 Å². The average molecular weight is 312 g/mol. The number of aryl methyl sites for hydroxylation is 2. The van der Waals surface area contributed by atoms with Crippen molar-refractivity contribution in [3.63, 3.8) is 0 Å². The van der Waals surface area contributed by atoms with Crippen LogP contribution in [0.2, 0.25) is 0 Å². The average Bonchev–Trinajstić information content (AvgIpc) is 2.91. The number of aromatic nitrogens is 2. The maximum Gasteiger partial charge on any atom is 0.209 e. The van der Waals surface area contributed by atoms with Gasteiger partial charge >= 0.3 is 0 Å². The molecule has 0 spiro atoms. The highest BCUT2D eigenvalue weighted by Gasteiger charge is 2.23. The third kappa shape index (κ3) is 2.55. The van der Waals surface area contributed by atoms with E-state index in [1.807, 2.05) is 37.3 Å². The fourth-order valence-corrected chi connectivity index (χ4v) is 3.68. The molecule has 1 heterocycles. The molecule has 0 amide bonds. The molecule has 112 valence electrons. The molecule has 0 unspecified atom stereocenters. The Morgan fingerprint density at radius 3 is 2.18 bits per heavy atom. The van der Waals surface area contributed by atoms with Gasteiger partial charge in [0.25, 0.3) is 0 Å². The van der Waals surface area contributed by atoms with Crippen LogP contribution in [0.4, 0.5) is 0 Å². The van der Waals surface area contributed by atoms with Crippen LogP contribution in [0.15, 0.2) is 70.6 Å². The lowest BCUT2D eigenvalue weighted by molar-refractivity contribution is 0.595. The lowest BCUT2D eigenvalue weighted by Gasteiger charge is -2.03. The minimum absolute atomic E-state index is 0.236. The summed E-state index contributed by atoms with van der Waals surface area (Å²) in [6, 6.07) is 16.3. The van der Waals surface area contributed by atoms with Gasteiger partial charge in [0.1, 0.15) is 4.90 Å². The third-order valence-corrected chi connectivity index (χ3v) is 5.37. The number of rotatable bonds is 3. The molecule has 0 saturated heterocycles. The molecule has 5 heteroatoms. The lowest BCUT2D eigenvalue weighted by Crippen LogP contribution is -2.02. The number of nitrogens with zero attached hydrogens (tertiary/aromatic N) is 2. The van der Waals surface area contributed by atoms with E-state index < -0.39 is 9.84 Å². The smallest absolute Gasteiger partial charge is 0.209 e. The molecule has 22 heavy (non-hydrogen) atoms. The predicted octanol–water partition coefficient (Wildman–Crippen LogP) is 3.32. The molecule has 0 aliphatic rings. The van der Waals surface area contributed by atoms with Crippen molar-refractivity contribution in [3.05, 3.63) is 72.1 Å². The van der Waals surface area contributed by atoms with Gasteiger partial charge in [-0.25, -0.2) is 13.1 Å². The summed E-state index contributed by atoms with van der Waals surface area (Å²) < 4.78 is 27.1. The van der Waals surface area contributed by atoms with Gasteiger partial charge in [-0.1, -0.05) is 35.9 Å². The van der Waals surface area contributed by atoms with Gasteiger partial charge in [0.05, 0.1) is 22.5 Å². The Balaban J connectivity index is 2.09. The highest BCUT2D eigenvalue weighted by atomic mass is 32.2. The van der Waals surface area contributed by atoms with E-state index in [4.69, 9.17) is 0 Å². The SMILES string of the molecule is Cc1ccc(S(=O)(=O)c2cn(-c3ccccc3)nc2C)cc1. The molecule has 0 fully saturated rings. The van der Waals surface area contributed by atoms with Crippen molar-refractivity contribution in [1.29, 1.82) is 0 Å². The van der Waals surface area contributed by atoms with E-state index in [1.165, 1.54) is 0 Å². The largest absolute Gasteiger partial charge is 0.239 e. The summed E-state index contributed by atoms with van der Waals surface area (Å²) >= 11 is 0. The summed E-state index contributed by atoms with van der Waals surface area (Å²) in [5.74, 6) is 0. The van der Waals surface area contributed by atoms with Crippen molar-refractivity contribution in [2.45, 2.75) is 23.6 Å². The maximum absolute atomic E-state index is 12.8. The number of hydrogen-bond donors (Lipinski definition) is 0. The molecular weight excluding hydrogens is 296 g/mol. The van der Waals surface area contributed by atoms with E-state index in [0.717, 1.165) is 11.3 Å². The first-order valence-electron chi connectivity index (χ1n) is 6.92. The Morgan fingerprint density at radius 2 is 1.55 bits per heavy atom. The third-order valence-electron chi connectivity index (χ3n) is 3.50. The first-order valence-corrected chi connectivity index (χ1v) is 8.40. The second-order valence-corrected chi connectivity index (χ2v) is 7.09. The molecule has 0 atom stereocenters. The van der Waals surface area contributed by atoms with Gasteiger partial charge in [-0.3, -0.25) is 0 Å². The van der Waals surface area contributed by atoms with Crippen LogP contribution >= 0.6 is 0 Å². The van der Waals surface area contributed by atoms with Gasteiger partial charge < -0.3 is 0 Å². The van der Waals surface area contributed by atoms with Gasteiger partial charge in [-0.05, 0) is 38.1 Å². The van der Waals surface area contributed by atoms with Crippen LogP contribution in [-0.4, -0.2) is 18.2 Å². The van der Waals surface area contributed by atoms with Gasteiger partial charge in [-0.15, -0.1) is 0 Å². The Hall–Kier alpha value is -2.40. The molecule has 0 bridgehead atoms. The quantitative estimate of drug-likeness (QED) is 0.745. The Labute approximate surface area is 130 Å². The van der Waals surface area contributed by atoms with E-state index in [0.29, 0.717) is 5.69 Å². The Morgan fingerprint density at radius 1 is 0.909 bits per heavy atom. The normalized spacial score (nSPS) is 11.5. The first kappa shape index (κ1) is 14.5. The van der Waals surface area contributed by atoms with Gasteiger partial charge in [0, 0.05) is 0 Å². The summed E-state index contributed by atoms with van der Waals surface area (Å²) in [6.45, 7) is 3.63. The molecule has 3 aromatic rings. The molecule has 0 saturated carbocycles. The van der Waals surface area contributed by atoms with E-state index in [9.17, 15) is 8.42 Å². The highest BCUT2D eigenvalue weighted by Crippen LogP contribution is 2.24. The molecule has 0 N–H and O–H groups in total. The van der Waals surface area contributed by atoms with Crippen molar-refractivity contribution < 1.29 is 8.42 Å². The zero-order chi connectivity index (χ0) is 15.7. The van der Waals surface area contributed by atoms with Crippen LogP contribution in [-0.2, 0) is 9.84 Å². The number of hydrogen-bond acceptors (Lipinski definition) is 3. The molecule has 0 radical (unpaired) electrons. The molecule has 3 rings (SSSR count). The molecule has 0 aliphatic carbocycles.